The number of aliphatic hydroxyl groups excluding tert-OH is 1. The van der Waals surface area contributed by atoms with Gasteiger partial charge in [-0.05, 0) is 27.2 Å². The van der Waals surface area contributed by atoms with Crippen molar-refractivity contribution < 1.29 is 5.11 Å². The van der Waals surface area contributed by atoms with E-state index in [4.69, 9.17) is 0 Å². The van der Waals surface area contributed by atoms with E-state index in [0.717, 1.165) is 35.1 Å². The summed E-state index contributed by atoms with van der Waals surface area (Å²) in [6.07, 6.45) is 2.03. The number of nitrogens with zero attached hydrogens (tertiary/aromatic N) is 2. The fourth-order valence-corrected chi connectivity index (χ4v) is 2.93. The molecule has 92 valence electrons. The van der Waals surface area contributed by atoms with Crippen molar-refractivity contribution in [2.24, 2.45) is 0 Å². The molecule has 0 saturated carbocycles. The maximum Gasteiger partial charge on any atom is 0.186 e. The topological polar surface area (TPSA) is 36.4 Å². The number of aryl methyl sites for hydroxylation is 1. The Kier molecular flexibility index (Phi) is 5.22. The summed E-state index contributed by atoms with van der Waals surface area (Å²) in [7, 11) is 0. The highest BCUT2D eigenvalue weighted by atomic mass is 32.1. The molecule has 16 heavy (non-hydrogen) atoms. The van der Waals surface area contributed by atoms with Gasteiger partial charge in [-0.1, -0.05) is 24.7 Å². The van der Waals surface area contributed by atoms with E-state index in [9.17, 15) is 5.11 Å². The smallest absolute Gasteiger partial charge is 0.186 e. The number of thiazole rings is 1. The van der Waals surface area contributed by atoms with Crippen molar-refractivity contribution >= 4 is 16.5 Å². The Labute approximate surface area is 102 Å². The van der Waals surface area contributed by atoms with Crippen LogP contribution in [0.3, 0.4) is 0 Å². The third-order valence-electron chi connectivity index (χ3n) is 2.61. The summed E-state index contributed by atoms with van der Waals surface area (Å²) in [6.45, 7) is 9.69. The fourth-order valence-electron chi connectivity index (χ4n) is 1.77. The first-order chi connectivity index (χ1) is 7.63. The zero-order valence-electron chi connectivity index (χ0n) is 10.7. The van der Waals surface area contributed by atoms with Gasteiger partial charge in [0.25, 0.3) is 0 Å². The second kappa shape index (κ2) is 6.21. The van der Waals surface area contributed by atoms with E-state index < -0.39 is 0 Å². The summed E-state index contributed by atoms with van der Waals surface area (Å²) in [5, 5.41) is 10.3. The Hall–Kier alpha value is -0.610. The van der Waals surface area contributed by atoms with Gasteiger partial charge in [0.05, 0.1) is 17.2 Å². The largest absolute Gasteiger partial charge is 0.391 e. The van der Waals surface area contributed by atoms with Crippen molar-refractivity contribution in [1.82, 2.24) is 4.98 Å². The first kappa shape index (κ1) is 13.5. The highest BCUT2D eigenvalue weighted by Gasteiger charge is 2.16. The molecule has 1 heterocycles. The van der Waals surface area contributed by atoms with Gasteiger partial charge in [-0.2, -0.15) is 0 Å². The quantitative estimate of drug-likeness (QED) is 0.833. The molecule has 0 radical (unpaired) electrons. The lowest BCUT2D eigenvalue weighted by Crippen LogP contribution is -2.30. The Balaban J connectivity index is 2.96. The summed E-state index contributed by atoms with van der Waals surface area (Å²) >= 11 is 1.63. The number of aromatic nitrogens is 1. The molecule has 0 saturated heterocycles. The molecular formula is C12H22N2OS. The van der Waals surface area contributed by atoms with Gasteiger partial charge in [0, 0.05) is 12.6 Å². The SMILES string of the molecule is CCCc1nc(N(CC)C(C)C)sc1CO. The first-order valence-corrected chi connectivity index (χ1v) is 6.81. The van der Waals surface area contributed by atoms with E-state index in [1.165, 1.54) is 0 Å². The minimum absolute atomic E-state index is 0.114. The summed E-state index contributed by atoms with van der Waals surface area (Å²) in [4.78, 5) is 7.94. The van der Waals surface area contributed by atoms with E-state index in [1.807, 2.05) is 0 Å². The van der Waals surface area contributed by atoms with Gasteiger partial charge in [-0.15, -0.1) is 0 Å². The van der Waals surface area contributed by atoms with Crippen LogP contribution in [0.1, 0.15) is 44.7 Å². The zero-order chi connectivity index (χ0) is 12.1. The van der Waals surface area contributed by atoms with Crippen LogP contribution in [0.15, 0.2) is 0 Å². The molecule has 0 unspecified atom stereocenters. The van der Waals surface area contributed by atoms with Crippen molar-refractivity contribution in [2.75, 3.05) is 11.4 Å². The van der Waals surface area contributed by atoms with Crippen LogP contribution < -0.4 is 4.90 Å². The number of anilines is 1. The second-order valence-corrected chi connectivity index (χ2v) is 5.22. The van der Waals surface area contributed by atoms with Gasteiger partial charge in [-0.25, -0.2) is 4.98 Å². The number of aliphatic hydroxyl groups is 1. The molecule has 3 nitrogen and oxygen atoms in total. The Morgan fingerprint density at radius 3 is 2.50 bits per heavy atom. The fraction of sp³-hybridized carbons (Fsp3) is 0.750. The third kappa shape index (κ3) is 2.95. The predicted molar refractivity (Wildman–Crippen MR) is 70.2 cm³/mol. The molecule has 1 N–H and O–H groups in total. The summed E-state index contributed by atoms with van der Waals surface area (Å²) < 4.78 is 0. The minimum atomic E-state index is 0.114. The minimum Gasteiger partial charge on any atom is -0.391 e. The zero-order valence-corrected chi connectivity index (χ0v) is 11.5. The van der Waals surface area contributed by atoms with Crippen LogP contribution in [0.2, 0.25) is 0 Å². The normalized spacial score (nSPS) is 11.1. The summed E-state index contributed by atoms with van der Waals surface area (Å²) in [6, 6.07) is 0.456. The van der Waals surface area contributed by atoms with Crippen molar-refractivity contribution in [2.45, 2.75) is 53.2 Å². The van der Waals surface area contributed by atoms with E-state index in [0.29, 0.717) is 6.04 Å². The van der Waals surface area contributed by atoms with Crippen molar-refractivity contribution in [3.8, 4) is 0 Å². The van der Waals surface area contributed by atoms with Gasteiger partial charge in [-0.3, -0.25) is 0 Å². The van der Waals surface area contributed by atoms with Gasteiger partial charge >= 0.3 is 0 Å². The third-order valence-corrected chi connectivity index (χ3v) is 3.73. The average molecular weight is 242 g/mol. The molecule has 0 aliphatic rings. The van der Waals surface area contributed by atoms with Crippen LogP contribution in [0.4, 0.5) is 5.13 Å². The average Bonchev–Trinajstić information content (AvgIpc) is 2.62. The maximum atomic E-state index is 9.30. The van der Waals surface area contributed by atoms with E-state index in [-0.39, 0.29) is 6.61 Å². The van der Waals surface area contributed by atoms with Crippen LogP contribution >= 0.6 is 11.3 Å². The number of hydrogen-bond donors (Lipinski definition) is 1. The molecule has 0 atom stereocenters. The van der Waals surface area contributed by atoms with Crippen molar-refractivity contribution in [3.05, 3.63) is 10.6 Å². The number of hydrogen-bond acceptors (Lipinski definition) is 4. The Bertz CT molecular complexity index is 323. The molecule has 0 aromatic carbocycles. The van der Waals surface area contributed by atoms with Gasteiger partial charge < -0.3 is 10.0 Å². The molecule has 0 bridgehead atoms. The maximum absolute atomic E-state index is 9.30. The van der Waals surface area contributed by atoms with Crippen molar-refractivity contribution in [1.29, 1.82) is 0 Å². The lowest BCUT2D eigenvalue weighted by Gasteiger charge is -2.24. The highest BCUT2D eigenvalue weighted by molar-refractivity contribution is 7.15. The van der Waals surface area contributed by atoms with E-state index in [2.05, 4.69) is 37.6 Å². The van der Waals surface area contributed by atoms with Crippen LogP contribution in [0, 0.1) is 0 Å². The molecule has 1 rings (SSSR count). The lowest BCUT2D eigenvalue weighted by atomic mass is 10.2. The van der Waals surface area contributed by atoms with Gasteiger partial charge in [0.15, 0.2) is 5.13 Å². The summed E-state index contributed by atoms with van der Waals surface area (Å²) in [5.41, 5.74) is 1.07. The molecule has 1 aromatic rings. The van der Waals surface area contributed by atoms with Crippen LogP contribution in [-0.4, -0.2) is 22.7 Å². The molecule has 0 spiro atoms. The standard InChI is InChI=1S/C12H22N2OS/c1-5-7-10-11(8-15)16-12(13-10)14(6-2)9(3)4/h9,15H,5-8H2,1-4H3. The Morgan fingerprint density at radius 1 is 1.38 bits per heavy atom. The van der Waals surface area contributed by atoms with Crippen LogP contribution in [0.25, 0.3) is 0 Å². The van der Waals surface area contributed by atoms with Gasteiger partial charge in [0.2, 0.25) is 0 Å². The molecule has 0 aliphatic carbocycles. The molecule has 0 amide bonds. The highest BCUT2D eigenvalue weighted by Crippen LogP contribution is 2.28. The molecule has 1 aromatic heterocycles. The Morgan fingerprint density at radius 2 is 2.06 bits per heavy atom. The van der Waals surface area contributed by atoms with Crippen LogP contribution in [0.5, 0.6) is 0 Å². The number of rotatable bonds is 6. The molecular weight excluding hydrogens is 220 g/mol. The first-order valence-electron chi connectivity index (χ1n) is 6.00. The predicted octanol–water partition coefficient (Wildman–Crippen LogP) is 2.82. The van der Waals surface area contributed by atoms with E-state index >= 15 is 0 Å². The van der Waals surface area contributed by atoms with Crippen LogP contribution in [-0.2, 0) is 13.0 Å². The van der Waals surface area contributed by atoms with Crippen molar-refractivity contribution in [3.63, 3.8) is 0 Å². The lowest BCUT2D eigenvalue weighted by molar-refractivity contribution is 0.284. The molecule has 4 heteroatoms. The molecule has 0 fully saturated rings. The van der Waals surface area contributed by atoms with E-state index in [1.54, 1.807) is 11.3 Å². The summed E-state index contributed by atoms with van der Waals surface area (Å²) in [5.74, 6) is 0. The molecule has 0 aliphatic heterocycles. The van der Waals surface area contributed by atoms with Gasteiger partial charge in [0.1, 0.15) is 0 Å². The second-order valence-electron chi connectivity index (χ2n) is 4.15. The monoisotopic (exact) mass is 242 g/mol.